The lowest BCUT2D eigenvalue weighted by atomic mass is 10.2. The highest BCUT2D eigenvalue weighted by atomic mass is 32.2. The molecule has 8 heteroatoms. The molecule has 1 fully saturated rings. The second-order valence-corrected chi connectivity index (χ2v) is 7.77. The quantitative estimate of drug-likeness (QED) is 0.772. The van der Waals surface area contributed by atoms with E-state index in [9.17, 15) is 17.6 Å². The fraction of sp³-hybridized carbons (Fsp3) is 0.294. The third-order valence-corrected chi connectivity index (χ3v) is 5.93. The van der Waals surface area contributed by atoms with Crippen LogP contribution in [0.4, 0.5) is 4.39 Å². The van der Waals surface area contributed by atoms with Crippen LogP contribution >= 0.6 is 0 Å². The zero-order valence-electron chi connectivity index (χ0n) is 13.5. The molecule has 3 rings (SSSR count). The van der Waals surface area contributed by atoms with Crippen LogP contribution in [0.15, 0.2) is 48.7 Å². The number of hydrogen-bond donors (Lipinski definition) is 0. The summed E-state index contributed by atoms with van der Waals surface area (Å²) in [7, 11) is -3.43. The minimum atomic E-state index is -3.43. The average Bonchev–Trinajstić information content (AvgIpc) is 2.62. The van der Waals surface area contributed by atoms with Gasteiger partial charge in [-0.1, -0.05) is 30.3 Å². The Bertz CT molecular complexity index is 850. The lowest BCUT2D eigenvalue weighted by Crippen LogP contribution is -2.50. The van der Waals surface area contributed by atoms with Gasteiger partial charge in [0.05, 0.1) is 5.75 Å². The van der Waals surface area contributed by atoms with Crippen LogP contribution in [-0.2, 0) is 15.8 Å². The summed E-state index contributed by atoms with van der Waals surface area (Å²) in [5.41, 5.74) is 0.946. The molecule has 0 radical (unpaired) electrons. The maximum Gasteiger partial charge on any atom is 0.254 e. The minimum Gasteiger partial charge on any atom is -0.336 e. The van der Waals surface area contributed by atoms with E-state index >= 15 is 0 Å². The summed E-state index contributed by atoms with van der Waals surface area (Å²) >= 11 is 0. The normalized spacial score (nSPS) is 16.0. The Morgan fingerprint density at radius 3 is 2.40 bits per heavy atom. The Kier molecular flexibility index (Phi) is 5.10. The third kappa shape index (κ3) is 4.21. The molecular formula is C17H18FN3O3S. The SMILES string of the molecule is O=C(c1ccnc(F)c1)N1CCN(S(=O)(=O)Cc2ccccc2)CC1. The number of benzene rings is 1. The Hall–Kier alpha value is -2.32. The van der Waals surface area contributed by atoms with E-state index < -0.39 is 16.0 Å². The van der Waals surface area contributed by atoms with Gasteiger partial charge in [-0.25, -0.2) is 13.4 Å². The predicted molar refractivity (Wildman–Crippen MR) is 90.7 cm³/mol. The molecule has 1 aliphatic heterocycles. The van der Waals surface area contributed by atoms with E-state index in [-0.39, 0.29) is 43.4 Å². The molecule has 25 heavy (non-hydrogen) atoms. The number of hydrogen-bond acceptors (Lipinski definition) is 4. The number of piperazine rings is 1. The first kappa shape index (κ1) is 17.5. The summed E-state index contributed by atoms with van der Waals surface area (Å²) in [6, 6.07) is 11.5. The van der Waals surface area contributed by atoms with Gasteiger partial charge in [0.15, 0.2) is 0 Å². The van der Waals surface area contributed by atoms with E-state index in [1.54, 1.807) is 24.3 Å². The number of aromatic nitrogens is 1. The molecule has 1 aromatic heterocycles. The molecule has 0 aliphatic carbocycles. The topological polar surface area (TPSA) is 70.6 Å². The molecule has 1 aliphatic rings. The molecule has 0 N–H and O–H groups in total. The van der Waals surface area contributed by atoms with Gasteiger partial charge in [-0.3, -0.25) is 4.79 Å². The van der Waals surface area contributed by atoms with Gasteiger partial charge in [0.1, 0.15) is 0 Å². The first-order valence-corrected chi connectivity index (χ1v) is 9.49. The van der Waals surface area contributed by atoms with Crippen LogP contribution in [0.1, 0.15) is 15.9 Å². The van der Waals surface area contributed by atoms with Gasteiger partial charge < -0.3 is 4.90 Å². The number of carbonyl (C=O) groups excluding carboxylic acids is 1. The number of pyridine rings is 1. The molecule has 1 amide bonds. The lowest BCUT2D eigenvalue weighted by molar-refractivity contribution is 0.0697. The number of halogens is 1. The van der Waals surface area contributed by atoms with Crippen molar-refractivity contribution >= 4 is 15.9 Å². The van der Waals surface area contributed by atoms with Crippen molar-refractivity contribution in [1.82, 2.24) is 14.2 Å². The molecule has 0 spiro atoms. The average molecular weight is 363 g/mol. The summed E-state index contributed by atoms with van der Waals surface area (Å²) in [5, 5.41) is 0. The van der Waals surface area contributed by atoms with Gasteiger partial charge in [0.2, 0.25) is 16.0 Å². The van der Waals surface area contributed by atoms with Crippen LogP contribution in [0.2, 0.25) is 0 Å². The molecule has 132 valence electrons. The van der Waals surface area contributed by atoms with Crippen molar-refractivity contribution in [2.45, 2.75) is 5.75 Å². The highest BCUT2D eigenvalue weighted by Crippen LogP contribution is 2.15. The van der Waals surface area contributed by atoms with Crippen LogP contribution in [0.3, 0.4) is 0 Å². The fourth-order valence-electron chi connectivity index (χ4n) is 2.76. The monoisotopic (exact) mass is 363 g/mol. The predicted octanol–water partition coefficient (Wildman–Crippen LogP) is 1.51. The van der Waals surface area contributed by atoms with Gasteiger partial charge in [-0.05, 0) is 11.6 Å². The fourth-order valence-corrected chi connectivity index (χ4v) is 4.28. The molecule has 1 saturated heterocycles. The van der Waals surface area contributed by atoms with Crippen molar-refractivity contribution < 1.29 is 17.6 Å². The smallest absolute Gasteiger partial charge is 0.254 e. The maximum atomic E-state index is 13.2. The van der Waals surface area contributed by atoms with E-state index in [2.05, 4.69) is 4.98 Å². The van der Waals surface area contributed by atoms with Crippen LogP contribution in [0, 0.1) is 5.95 Å². The van der Waals surface area contributed by atoms with E-state index in [0.717, 1.165) is 11.6 Å². The number of carbonyl (C=O) groups is 1. The van der Waals surface area contributed by atoms with Crippen molar-refractivity contribution in [3.05, 3.63) is 65.7 Å². The molecule has 0 unspecified atom stereocenters. The number of rotatable bonds is 4. The Morgan fingerprint density at radius 2 is 1.76 bits per heavy atom. The van der Waals surface area contributed by atoms with Crippen molar-refractivity contribution in [1.29, 1.82) is 0 Å². The Morgan fingerprint density at radius 1 is 1.08 bits per heavy atom. The standard InChI is InChI=1S/C17H18FN3O3S/c18-16-12-15(6-7-19-16)17(22)20-8-10-21(11-9-20)25(23,24)13-14-4-2-1-3-5-14/h1-7,12H,8-11,13H2. The number of amides is 1. The molecule has 6 nitrogen and oxygen atoms in total. The number of sulfonamides is 1. The highest BCUT2D eigenvalue weighted by molar-refractivity contribution is 7.88. The van der Waals surface area contributed by atoms with Crippen LogP contribution < -0.4 is 0 Å². The minimum absolute atomic E-state index is 0.0582. The van der Waals surface area contributed by atoms with Crippen molar-refractivity contribution in [2.75, 3.05) is 26.2 Å². The summed E-state index contributed by atoms with van der Waals surface area (Å²) in [6.45, 7) is 1.01. The molecule has 2 aromatic rings. The van der Waals surface area contributed by atoms with Crippen LogP contribution in [0.5, 0.6) is 0 Å². The van der Waals surface area contributed by atoms with E-state index in [1.165, 1.54) is 21.5 Å². The first-order chi connectivity index (χ1) is 12.0. The summed E-state index contributed by atoms with van der Waals surface area (Å²) < 4.78 is 39.6. The van der Waals surface area contributed by atoms with Gasteiger partial charge >= 0.3 is 0 Å². The van der Waals surface area contributed by atoms with Crippen LogP contribution in [-0.4, -0.2) is 54.7 Å². The Balaban J connectivity index is 1.62. The van der Waals surface area contributed by atoms with Gasteiger partial charge in [0.25, 0.3) is 5.91 Å². The van der Waals surface area contributed by atoms with Gasteiger partial charge in [0, 0.05) is 44.0 Å². The summed E-state index contributed by atoms with van der Waals surface area (Å²) in [6.07, 6.45) is 1.24. The van der Waals surface area contributed by atoms with Gasteiger partial charge in [-0.2, -0.15) is 8.70 Å². The zero-order chi connectivity index (χ0) is 17.9. The highest BCUT2D eigenvalue weighted by Gasteiger charge is 2.29. The van der Waals surface area contributed by atoms with E-state index in [1.807, 2.05) is 6.07 Å². The molecule has 1 aromatic carbocycles. The van der Waals surface area contributed by atoms with Crippen molar-refractivity contribution in [3.63, 3.8) is 0 Å². The summed E-state index contributed by atoms with van der Waals surface area (Å²) in [5.74, 6) is -1.09. The second-order valence-electron chi connectivity index (χ2n) is 5.80. The summed E-state index contributed by atoms with van der Waals surface area (Å²) in [4.78, 5) is 17.3. The molecule has 0 bridgehead atoms. The third-order valence-electron chi connectivity index (χ3n) is 4.08. The Labute approximate surface area is 145 Å². The molecule has 0 atom stereocenters. The zero-order valence-corrected chi connectivity index (χ0v) is 14.3. The second kappa shape index (κ2) is 7.28. The molecule has 0 saturated carbocycles. The molecule has 2 heterocycles. The molecular weight excluding hydrogens is 345 g/mol. The van der Waals surface area contributed by atoms with Gasteiger partial charge in [-0.15, -0.1) is 0 Å². The van der Waals surface area contributed by atoms with Crippen molar-refractivity contribution in [2.24, 2.45) is 0 Å². The van der Waals surface area contributed by atoms with E-state index in [0.29, 0.717) is 0 Å². The van der Waals surface area contributed by atoms with E-state index in [4.69, 9.17) is 0 Å². The van der Waals surface area contributed by atoms with Crippen molar-refractivity contribution in [3.8, 4) is 0 Å². The largest absolute Gasteiger partial charge is 0.336 e. The lowest BCUT2D eigenvalue weighted by Gasteiger charge is -2.34. The van der Waals surface area contributed by atoms with Crippen LogP contribution in [0.25, 0.3) is 0 Å². The first-order valence-electron chi connectivity index (χ1n) is 7.88. The maximum absolute atomic E-state index is 13.2. The number of nitrogens with zero attached hydrogens (tertiary/aromatic N) is 3.